The fourth-order valence-electron chi connectivity index (χ4n) is 5.35. The first-order valence-electron chi connectivity index (χ1n) is 15.0. The number of nitriles is 1. The van der Waals surface area contributed by atoms with Gasteiger partial charge in [0.1, 0.15) is 11.9 Å². The van der Waals surface area contributed by atoms with Crippen molar-refractivity contribution >= 4 is 22.5 Å². The van der Waals surface area contributed by atoms with Crippen LogP contribution in [0.5, 0.6) is 0 Å². The standard InChI is InChI=1S/C33H37N7O5/c34-10-13-43-14-15-44-16-17-45-23-27-22-39(11-12-40(27)31-9-8-25(20-35)21-36-31)33(42)26-5-3-4-24(18-26)19-30-28-6-1-2-7-29(28)32(41)38-37-30/h1-9,18,21,27H,10-17,19,22-23,34H2,(H,38,41). The molecule has 12 nitrogen and oxygen atoms in total. The van der Waals surface area contributed by atoms with E-state index in [0.29, 0.717) is 88.8 Å². The molecule has 12 heteroatoms. The summed E-state index contributed by atoms with van der Waals surface area (Å²) in [5, 5.41) is 17.4. The number of pyridine rings is 1. The number of nitrogens with zero attached hydrogens (tertiary/aromatic N) is 5. The van der Waals surface area contributed by atoms with Gasteiger partial charge in [-0.3, -0.25) is 9.59 Å². The first-order chi connectivity index (χ1) is 22.1. The van der Waals surface area contributed by atoms with Gasteiger partial charge >= 0.3 is 0 Å². The molecule has 2 aromatic heterocycles. The number of carbonyl (C=O) groups excluding carboxylic acids is 1. The van der Waals surface area contributed by atoms with E-state index >= 15 is 0 Å². The van der Waals surface area contributed by atoms with Crippen LogP contribution in [-0.4, -0.2) is 97.9 Å². The number of nitrogens with two attached hydrogens (primary N) is 1. The van der Waals surface area contributed by atoms with Crippen LogP contribution < -0.4 is 16.2 Å². The van der Waals surface area contributed by atoms with E-state index in [1.807, 2.05) is 53.4 Å². The maximum absolute atomic E-state index is 13.8. The summed E-state index contributed by atoms with van der Waals surface area (Å²) in [5.74, 6) is 0.653. The van der Waals surface area contributed by atoms with Gasteiger partial charge < -0.3 is 29.7 Å². The highest BCUT2D eigenvalue weighted by Gasteiger charge is 2.31. The summed E-state index contributed by atoms with van der Waals surface area (Å²) in [6.45, 7) is 4.59. The Labute approximate surface area is 261 Å². The molecule has 3 heterocycles. The normalized spacial score (nSPS) is 14.9. The number of benzene rings is 2. The third-order valence-electron chi connectivity index (χ3n) is 7.58. The van der Waals surface area contributed by atoms with E-state index in [1.165, 1.54) is 0 Å². The number of ether oxygens (including phenoxy) is 3. The number of hydrogen-bond donors (Lipinski definition) is 2. The van der Waals surface area contributed by atoms with Gasteiger partial charge in [0.2, 0.25) is 0 Å². The van der Waals surface area contributed by atoms with Gasteiger partial charge in [0.05, 0.1) is 62.3 Å². The lowest BCUT2D eigenvalue weighted by atomic mass is 10.0. The second-order valence-corrected chi connectivity index (χ2v) is 10.6. The minimum atomic E-state index is -0.229. The molecule has 0 radical (unpaired) electrons. The molecule has 1 saturated heterocycles. The summed E-state index contributed by atoms with van der Waals surface area (Å²) in [7, 11) is 0. The van der Waals surface area contributed by atoms with E-state index in [0.717, 1.165) is 22.5 Å². The molecule has 0 saturated carbocycles. The molecule has 45 heavy (non-hydrogen) atoms. The van der Waals surface area contributed by atoms with Gasteiger partial charge in [-0.25, -0.2) is 10.1 Å². The highest BCUT2D eigenvalue weighted by atomic mass is 16.5. The number of hydrogen-bond acceptors (Lipinski definition) is 10. The maximum Gasteiger partial charge on any atom is 0.272 e. The Morgan fingerprint density at radius 2 is 1.76 bits per heavy atom. The number of rotatable bonds is 14. The number of amides is 1. The molecular formula is C33H37N7O5. The van der Waals surface area contributed by atoms with E-state index < -0.39 is 0 Å². The quantitative estimate of drug-likeness (QED) is 0.202. The van der Waals surface area contributed by atoms with E-state index in [1.54, 1.807) is 18.3 Å². The second kappa shape index (κ2) is 15.9. The van der Waals surface area contributed by atoms with Crippen LogP contribution in [-0.2, 0) is 20.6 Å². The van der Waals surface area contributed by atoms with Crippen LogP contribution in [0.2, 0.25) is 0 Å². The molecule has 0 spiro atoms. The van der Waals surface area contributed by atoms with Crippen LogP contribution in [0.25, 0.3) is 10.8 Å². The smallest absolute Gasteiger partial charge is 0.272 e. The SMILES string of the molecule is N#Cc1ccc(N2CCN(C(=O)c3cccc(Cc4n[nH]c(=O)c5ccccc45)c3)CC2COCCOCCOCCN)nc1. The van der Waals surface area contributed by atoms with Crippen molar-refractivity contribution < 1.29 is 19.0 Å². The molecular weight excluding hydrogens is 574 g/mol. The molecule has 3 N–H and O–H groups in total. The summed E-state index contributed by atoms with van der Waals surface area (Å²) < 4.78 is 16.9. The summed E-state index contributed by atoms with van der Waals surface area (Å²) in [6.07, 6.45) is 2.02. The monoisotopic (exact) mass is 611 g/mol. The molecule has 5 rings (SSSR count). The molecule has 1 amide bonds. The van der Waals surface area contributed by atoms with Crippen molar-refractivity contribution in [3.05, 3.63) is 99.6 Å². The van der Waals surface area contributed by atoms with Crippen LogP contribution in [0.15, 0.2) is 71.7 Å². The molecule has 1 fully saturated rings. The first kappa shape index (κ1) is 31.7. The Kier molecular flexibility index (Phi) is 11.2. The van der Waals surface area contributed by atoms with Crippen LogP contribution in [0.4, 0.5) is 5.82 Å². The highest BCUT2D eigenvalue weighted by Crippen LogP contribution is 2.22. The highest BCUT2D eigenvalue weighted by molar-refractivity contribution is 5.94. The van der Waals surface area contributed by atoms with Gasteiger partial charge in [0.15, 0.2) is 0 Å². The van der Waals surface area contributed by atoms with Gasteiger partial charge in [-0.05, 0) is 35.9 Å². The van der Waals surface area contributed by atoms with Crippen molar-refractivity contribution in [2.24, 2.45) is 5.73 Å². The summed E-state index contributed by atoms with van der Waals surface area (Å²) in [4.78, 5) is 34.4. The number of anilines is 1. The number of aromatic amines is 1. The maximum atomic E-state index is 13.8. The molecule has 2 aromatic carbocycles. The fourth-order valence-corrected chi connectivity index (χ4v) is 5.35. The fraction of sp³-hybridized carbons (Fsp3) is 0.364. The number of piperazine rings is 1. The van der Waals surface area contributed by atoms with Crippen molar-refractivity contribution in [1.29, 1.82) is 5.26 Å². The van der Waals surface area contributed by atoms with Crippen LogP contribution in [0.1, 0.15) is 27.2 Å². The zero-order chi connectivity index (χ0) is 31.4. The topological polar surface area (TPSA) is 160 Å². The summed E-state index contributed by atoms with van der Waals surface area (Å²) in [5.41, 5.74) is 7.91. The van der Waals surface area contributed by atoms with E-state index in [2.05, 4.69) is 26.2 Å². The van der Waals surface area contributed by atoms with Crippen LogP contribution in [0, 0.1) is 11.3 Å². The lowest BCUT2D eigenvalue weighted by Gasteiger charge is -2.42. The Morgan fingerprint density at radius 1 is 0.978 bits per heavy atom. The molecule has 1 aliphatic rings. The molecule has 0 bridgehead atoms. The van der Waals surface area contributed by atoms with Crippen molar-refractivity contribution in [2.75, 3.05) is 70.7 Å². The Bertz CT molecular complexity index is 1670. The largest absolute Gasteiger partial charge is 0.378 e. The Hall–Kier alpha value is -4.67. The minimum Gasteiger partial charge on any atom is -0.378 e. The molecule has 1 aliphatic heterocycles. The second-order valence-electron chi connectivity index (χ2n) is 10.6. The van der Waals surface area contributed by atoms with E-state index in [-0.39, 0.29) is 17.5 Å². The molecule has 234 valence electrons. The average molecular weight is 612 g/mol. The third kappa shape index (κ3) is 8.29. The number of H-pyrrole nitrogens is 1. The summed E-state index contributed by atoms with van der Waals surface area (Å²) in [6, 6.07) is 20.4. The molecule has 1 atom stereocenters. The number of nitrogens with one attached hydrogen (secondary N) is 1. The number of carbonyl (C=O) groups is 1. The van der Waals surface area contributed by atoms with Gasteiger partial charge in [-0.15, -0.1) is 0 Å². The molecule has 4 aromatic rings. The predicted molar refractivity (Wildman–Crippen MR) is 169 cm³/mol. The Balaban J connectivity index is 1.25. The number of aromatic nitrogens is 3. The van der Waals surface area contributed by atoms with Gasteiger partial charge in [-0.1, -0.05) is 30.3 Å². The summed E-state index contributed by atoms with van der Waals surface area (Å²) >= 11 is 0. The first-order valence-corrected chi connectivity index (χ1v) is 15.0. The molecule has 1 unspecified atom stereocenters. The van der Waals surface area contributed by atoms with Gasteiger partial charge in [0.25, 0.3) is 11.5 Å². The lowest BCUT2D eigenvalue weighted by Crippen LogP contribution is -2.57. The van der Waals surface area contributed by atoms with E-state index in [4.69, 9.17) is 19.9 Å². The van der Waals surface area contributed by atoms with Crippen LogP contribution >= 0.6 is 0 Å². The minimum absolute atomic E-state index is 0.0746. The predicted octanol–water partition coefficient (Wildman–Crippen LogP) is 2.12. The number of fused-ring (bicyclic) bond motifs is 1. The van der Waals surface area contributed by atoms with Crippen molar-refractivity contribution in [1.82, 2.24) is 20.1 Å². The average Bonchev–Trinajstić information content (AvgIpc) is 3.08. The van der Waals surface area contributed by atoms with E-state index in [9.17, 15) is 14.9 Å². The Morgan fingerprint density at radius 3 is 2.51 bits per heavy atom. The van der Waals surface area contributed by atoms with Crippen molar-refractivity contribution in [3.63, 3.8) is 0 Å². The zero-order valence-electron chi connectivity index (χ0n) is 25.1. The van der Waals surface area contributed by atoms with Gasteiger partial charge in [-0.2, -0.15) is 10.4 Å². The van der Waals surface area contributed by atoms with Crippen molar-refractivity contribution in [2.45, 2.75) is 12.5 Å². The molecule has 0 aliphatic carbocycles. The third-order valence-corrected chi connectivity index (χ3v) is 7.58. The zero-order valence-corrected chi connectivity index (χ0v) is 25.1. The van der Waals surface area contributed by atoms with Gasteiger partial charge in [0, 0.05) is 49.7 Å². The lowest BCUT2D eigenvalue weighted by molar-refractivity contribution is 0.00987. The van der Waals surface area contributed by atoms with Crippen molar-refractivity contribution in [3.8, 4) is 6.07 Å². The van der Waals surface area contributed by atoms with Crippen LogP contribution in [0.3, 0.4) is 0 Å².